The number of carbonyl (C=O) groups excluding carboxylic acids is 2. The van der Waals surface area contributed by atoms with Gasteiger partial charge in [0.15, 0.2) is 64.4 Å². The van der Waals surface area contributed by atoms with Gasteiger partial charge in [0.2, 0.25) is 34.9 Å². The number of hydrogen-bond acceptors (Lipinski definition) is 9. The Labute approximate surface area is 332 Å². The summed E-state index contributed by atoms with van der Waals surface area (Å²) >= 11 is 0. The summed E-state index contributed by atoms with van der Waals surface area (Å²) in [5.74, 6) is -31.5. The van der Waals surface area contributed by atoms with E-state index in [-0.39, 0.29) is 0 Å². The van der Waals surface area contributed by atoms with E-state index in [1.165, 1.54) is 0 Å². The molecule has 324 valence electrons. The Morgan fingerprint density at radius 3 is 0.800 bits per heavy atom. The van der Waals surface area contributed by atoms with E-state index >= 15 is 0 Å². The Kier molecular flexibility index (Phi) is 17.4. The lowest BCUT2D eigenvalue weighted by molar-refractivity contribution is -0.141. The molecule has 3 aromatic rings. The second kappa shape index (κ2) is 21.7. The largest absolute Gasteiger partial charge is 0.479 e. The lowest BCUT2D eigenvalue weighted by Crippen LogP contribution is -2.36. The number of ether oxygens (including phenoxy) is 7. The number of hydrogen-bond donors (Lipinski definition) is 0. The van der Waals surface area contributed by atoms with Crippen LogP contribution in [0.1, 0.15) is 16.7 Å². The molecule has 3 rings (SSSR count). The molecule has 0 heterocycles. The van der Waals surface area contributed by atoms with E-state index in [4.69, 9.17) is 33.2 Å². The van der Waals surface area contributed by atoms with Gasteiger partial charge in [0, 0.05) is 12.2 Å². The molecule has 0 N–H and O–H groups in total. The van der Waals surface area contributed by atoms with E-state index in [1.54, 1.807) is 0 Å². The topological polar surface area (TPSA) is 98.8 Å². The van der Waals surface area contributed by atoms with Crippen LogP contribution in [0.25, 0.3) is 18.2 Å². The first kappa shape index (κ1) is 48.2. The maximum Gasteiger partial charge on any atom is 0.330 e. The van der Waals surface area contributed by atoms with Crippen LogP contribution in [0.5, 0.6) is 17.2 Å². The summed E-state index contributed by atoms with van der Waals surface area (Å²) in [7, 11) is 0. The van der Waals surface area contributed by atoms with E-state index in [2.05, 4.69) is 32.9 Å². The maximum atomic E-state index is 15.0. The molecule has 2 atom stereocenters. The molecule has 0 aliphatic rings. The molecule has 0 saturated carbocycles. The summed E-state index contributed by atoms with van der Waals surface area (Å²) < 4.78 is 211. The fourth-order valence-electron chi connectivity index (χ4n) is 4.71. The average molecular weight is 871 g/mol. The van der Waals surface area contributed by atoms with Crippen molar-refractivity contribution in [1.82, 2.24) is 0 Å². The zero-order valence-corrected chi connectivity index (χ0v) is 30.6. The second-order valence-corrected chi connectivity index (χ2v) is 11.6. The van der Waals surface area contributed by atoms with Gasteiger partial charge in [0.25, 0.3) is 0 Å². The lowest BCUT2D eigenvalue weighted by Gasteiger charge is -2.25. The highest BCUT2D eigenvalue weighted by atomic mass is 19.2. The minimum absolute atomic E-state index is 0.436. The molecule has 9 nitrogen and oxygen atoms in total. The van der Waals surface area contributed by atoms with Gasteiger partial charge in [0.05, 0.1) is 43.1 Å². The highest BCUT2D eigenvalue weighted by Gasteiger charge is 2.32. The molecule has 60 heavy (non-hydrogen) atoms. The van der Waals surface area contributed by atoms with Gasteiger partial charge in [-0.2, -0.15) is 26.3 Å². The lowest BCUT2D eigenvalue weighted by atomic mass is 10.1. The normalized spacial score (nSPS) is 12.5. The van der Waals surface area contributed by atoms with Crippen molar-refractivity contribution >= 4 is 30.2 Å². The van der Waals surface area contributed by atoms with Crippen molar-refractivity contribution in [1.29, 1.82) is 0 Å². The first-order chi connectivity index (χ1) is 28.4. The quantitative estimate of drug-likeness (QED) is 0.0403. The molecular weight excluding hydrogens is 840 g/mol. The molecule has 0 radical (unpaired) electrons. The predicted molar refractivity (Wildman–Crippen MR) is 186 cm³/mol. The molecule has 0 aliphatic carbocycles. The number of halogens is 12. The highest BCUT2D eigenvalue weighted by molar-refractivity contribution is 5.81. The van der Waals surface area contributed by atoms with E-state index < -0.39 is 174 Å². The van der Waals surface area contributed by atoms with Crippen molar-refractivity contribution in [3.63, 3.8) is 0 Å². The van der Waals surface area contributed by atoms with Crippen molar-refractivity contribution in [2.24, 2.45) is 0 Å². The monoisotopic (exact) mass is 870 g/mol. The first-order valence-corrected chi connectivity index (χ1v) is 16.6. The van der Waals surface area contributed by atoms with Gasteiger partial charge in [-0.25, -0.2) is 35.9 Å². The van der Waals surface area contributed by atoms with E-state index in [0.717, 1.165) is 0 Å². The molecule has 0 saturated heterocycles. The standard InChI is InChI=1S/C39H30F12O9/c1-6-20-25(40)31(46)37(32(47)26(20)41)58-17(11-54-13-18(15-56-23(52)9-4)59-38-33(48)27(42)21(7-2)28(43)34(38)49)12-55-14-19(16-57-24(53)10-5)60-39-35(50)29(44)22(8-3)30(45)36(39)51/h6-10,17-19H,1-5,11-16H2. The van der Waals surface area contributed by atoms with E-state index in [0.29, 0.717) is 30.4 Å². The molecule has 3 aromatic carbocycles. The Hall–Kier alpha value is -6.22. The van der Waals surface area contributed by atoms with Crippen molar-refractivity contribution in [3.8, 4) is 17.2 Å². The SMILES string of the molecule is C=CC(=O)OCC(COCC(COCC(COC(=O)C=C)Oc1c(F)c(F)c(C=C)c(F)c1F)Oc1c(F)c(F)c(C=C)c(F)c1F)Oc1c(F)c(F)c(C=C)c(F)c1F. The molecule has 0 fully saturated rings. The summed E-state index contributed by atoms with van der Waals surface area (Å²) in [5.41, 5.74) is -3.65. The van der Waals surface area contributed by atoms with Crippen LogP contribution in [0.2, 0.25) is 0 Å². The van der Waals surface area contributed by atoms with E-state index in [9.17, 15) is 62.3 Å². The van der Waals surface area contributed by atoms with Gasteiger partial charge in [-0.1, -0.05) is 51.1 Å². The number of rotatable bonds is 23. The number of carbonyl (C=O) groups is 2. The third-order valence-corrected chi connectivity index (χ3v) is 7.61. The fourth-order valence-corrected chi connectivity index (χ4v) is 4.71. The Bertz CT molecular complexity index is 1960. The van der Waals surface area contributed by atoms with Crippen LogP contribution in [0.4, 0.5) is 52.7 Å². The van der Waals surface area contributed by atoms with Crippen LogP contribution in [-0.2, 0) is 28.5 Å². The molecule has 0 amide bonds. The first-order valence-electron chi connectivity index (χ1n) is 16.6. The smallest absolute Gasteiger partial charge is 0.330 e. The van der Waals surface area contributed by atoms with E-state index in [1.807, 2.05) is 0 Å². The van der Waals surface area contributed by atoms with Crippen LogP contribution in [0.15, 0.2) is 45.0 Å². The molecule has 0 aliphatic heterocycles. The van der Waals surface area contributed by atoms with Crippen LogP contribution >= 0.6 is 0 Å². The van der Waals surface area contributed by atoms with Crippen LogP contribution in [-0.4, -0.2) is 69.9 Å². The Balaban J connectivity index is 1.96. The zero-order chi connectivity index (χ0) is 45.0. The van der Waals surface area contributed by atoms with Gasteiger partial charge in [-0.05, 0) is 0 Å². The summed E-state index contributed by atoms with van der Waals surface area (Å²) in [6.45, 7) is 9.34. The fraction of sp³-hybridized carbons (Fsp3) is 0.231. The zero-order valence-electron chi connectivity index (χ0n) is 30.6. The van der Waals surface area contributed by atoms with Crippen LogP contribution in [0, 0.1) is 69.8 Å². The Morgan fingerprint density at radius 2 is 0.600 bits per heavy atom. The van der Waals surface area contributed by atoms with Gasteiger partial charge in [-0.3, -0.25) is 0 Å². The second-order valence-electron chi connectivity index (χ2n) is 11.6. The third-order valence-electron chi connectivity index (χ3n) is 7.61. The van der Waals surface area contributed by atoms with Gasteiger partial charge < -0.3 is 33.2 Å². The van der Waals surface area contributed by atoms with Crippen LogP contribution < -0.4 is 14.2 Å². The summed E-state index contributed by atoms with van der Waals surface area (Å²) in [6.07, 6.45) is -3.08. The minimum atomic E-state index is -2.11. The van der Waals surface area contributed by atoms with Gasteiger partial charge >= 0.3 is 11.9 Å². The van der Waals surface area contributed by atoms with Crippen LogP contribution in [0.3, 0.4) is 0 Å². The van der Waals surface area contributed by atoms with Gasteiger partial charge in [0.1, 0.15) is 19.3 Å². The van der Waals surface area contributed by atoms with Gasteiger partial charge in [-0.15, -0.1) is 0 Å². The maximum absolute atomic E-state index is 15.0. The molecule has 0 spiro atoms. The molecule has 0 bridgehead atoms. The number of benzene rings is 3. The van der Waals surface area contributed by atoms with Crippen molar-refractivity contribution in [2.75, 3.05) is 39.6 Å². The molecular formula is C39H30F12O9. The molecule has 21 heteroatoms. The Morgan fingerprint density at radius 1 is 0.383 bits per heavy atom. The minimum Gasteiger partial charge on any atom is -0.479 e. The molecule has 0 aromatic heterocycles. The highest BCUT2D eigenvalue weighted by Crippen LogP contribution is 2.34. The van der Waals surface area contributed by atoms with Crippen molar-refractivity contribution in [3.05, 3.63) is 132 Å². The summed E-state index contributed by atoms with van der Waals surface area (Å²) in [5, 5.41) is 0. The summed E-state index contributed by atoms with van der Waals surface area (Å²) in [6, 6.07) is 0. The van der Waals surface area contributed by atoms with Crippen molar-refractivity contribution in [2.45, 2.75) is 18.3 Å². The third kappa shape index (κ3) is 11.1. The predicted octanol–water partition coefficient (Wildman–Crippen LogP) is 8.42. The van der Waals surface area contributed by atoms with Crippen molar-refractivity contribution < 1.29 is 95.4 Å². The molecule has 2 unspecified atom stereocenters. The average Bonchev–Trinajstić information content (AvgIpc) is 3.23. The summed E-state index contributed by atoms with van der Waals surface area (Å²) in [4.78, 5) is 23.4. The number of esters is 2.